The minimum Gasteiger partial charge on any atom is -0.494 e. The van der Waals surface area contributed by atoms with E-state index in [0.717, 1.165) is 0 Å². The molecule has 0 aliphatic carbocycles. The number of amides is 1. The Morgan fingerprint density at radius 3 is 2.27 bits per heavy atom. The largest absolute Gasteiger partial charge is 0.494 e. The molecule has 2 aromatic carbocycles. The molecule has 5 heteroatoms. The SMILES string of the molecule is CCOc1cc(OCC)cc(C(=O)Nc2c[c]c(Cl)cc2)c1. The van der Waals surface area contributed by atoms with Crippen LogP contribution in [-0.2, 0) is 0 Å². The lowest BCUT2D eigenvalue weighted by atomic mass is 10.1. The monoisotopic (exact) mass is 318 g/mol. The third-order valence-corrected chi connectivity index (χ3v) is 3.03. The maximum atomic E-state index is 12.3. The highest BCUT2D eigenvalue weighted by atomic mass is 35.5. The van der Waals surface area contributed by atoms with Gasteiger partial charge in [0.1, 0.15) is 11.5 Å². The van der Waals surface area contributed by atoms with E-state index in [1.807, 2.05) is 13.8 Å². The first-order valence-corrected chi connectivity index (χ1v) is 7.39. The fraction of sp³-hybridized carbons (Fsp3) is 0.235. The molecule has 0 saturated carbocycles. The van der Waals surface area contributed by atoms with Crippen LogP contribution in [0.2, 0.25) is 5.02 Å². The van der Waals surface area contributed by atoms with Crippen molar-refractivity contribution in [1.82, 2.24) is 0 Å². The van der Waals surface area contributed by atoms with Gasteiger partial charge >= 0.3 is 0 Å². The molecule has 4 nitrogen and oxygen atoms in total. The van der Waals surface area contributed by atoms with Crippen molar-refractivity contribution in [1.29, 1.82) is 0 Å². The van der Waals surface area contributed by atoms with Crippen molar-refractivity contribution in [2.45, 2.75) is 13.8 Å². The van der Waals surface area contributed by atoms with Crippen molar-refractivity contribution >= 4 is 23.2 Å². The molecule has 1 N–H and O–H groups in total. The van der Waals surface area contributed by atoms with Crippen molar-refractivity contribution < 1.29 is 14.3 Å². The molecule has 0 saturated heterocycles. The molecule has 0 bridgehead atoms. The van der Waals surface area contributed by atoms with Crippen molar-refractivity contribution in [2.75, 3.05) is 18.5 Å². The fourth-order valence-electron chi connectivity index (χ4n) is 1.89. The predicted octanol–water partition coefficient (Wildman–Crippen LogP) is 4.19. The lowest BCUT2D eigenvalue weighted by Crippen LogP contribution is -2.12. The van der Waals surface area contributed by atoms with Gasteiger partial charge < -0.3 is 14.8 Å². The maximum Gasteiger partial charge on any atom is 0.255 e. The zero-order valence-electron chi connectivity index (χ0n) is 12.5. The molecule has 0 heterocycles. The number of carbonyl (C=O) groups excluding carboxylic acids is 1. The quantitative estimate of drug-likeness (QED) is 0.868. The van der Waals surface area contributed by atoms with Crippen molar-refractivity contribution in [3.63, 3.8) is 0 Å². The molecule has 0 fully saturated rings. The molecular formula is C17H17ClNO3. The molecule has 0 aliphatic heterocycles. The second-order valence-electron chi connectivity index (χ2n) is 4.44. The Morgan fingerprint density at radius 2 is 1.77 bits per heavy atom. The van der Waals surface area contributed by atoms with E-state index in [-0.39, 0.29) is 5.91 Å². The van der Waals surface area contributed by atoms with Gasteiger partial charge in [-0.3, -0.25) is 4.79 Å². The summed E-state index contributed by atoms with van der Waals surface area (Å²) < 4.78 is 10.9. The van der Waals surface area contributed by atoms with E-state index < -0.39 is 0 Å². The summed E-state index contributed by atoms with van der Waals surface area (Å²) in [6.45, 7) is 4.80. The molecule has 2 rings (SSSR count). The molecule has 0 unspecified atom stereocenters. The van der Waals surface area contributed by atoms with Gasteiger partial charge in [-0.05, 0) is 44.2 Å². The smallest absolute Gasteiger partial charge is 0.255 e. The maximum absolute atomic E-state index is 12.3. The normalized spacial score (nSPS) is 10.1. The third kappa shape index (κ3) is 4.40. The van der Waals surface area contributed by atoms with Crippen LogP contribution in [0.25, 0.3) is 0 Å². The average Bonchev–Trinajstić information content (AvgIpc) is 2.50. The molecule has 2 aromatic rings. The van der Waals surface area contributed by atoms with Crippen LogP contribution in [0.15, 0.2) is 36.4 Å². The first-order valence-electron chi connectivity index (χ1n) is 7.01. The first-order chi connectivity index (χ1) is 10.6. The van der Waals surface area contributed by atoms with Crippen LogP contribution < -0.4 is 14.8 Å². The Kier molecular flexibility index (Phi) is 5.67. The summed E-state index contributed by atoms with van der Waals surface area (Å²) in [5.74, 6) is 0.945. The summed E-state index contributed by atoms with van der Waals surface area (Å²) >= 11 is 5.77. The number of hydrogen-bond donors (Lipinski definition) is 1. The number of hydrogen-bond acceptors (Lipinski definition) is 3. The highest BCUT2D eigenvalue weighted by Gasteiger charge is 2.11. The molecular weight excluding hydrogens is 302 g/mol. The topological polar surface area (TPSA) is 47.6 Å². The van der Waals surface area contributed by atoms with Crippen LogP contribution in [0, 0.1) is 6.07 Å². The fourth-order valence-corrected chi connectivity index (χ4v) is 2.01. The highest BCUT2D eigenvalue weighted by Crippen LogP contribution is 2.24. The number of halogens is 1. The van der Waals surface area contributed by atoms with Crippen molar-refractivity contribution in [3.05, 3.63) is 53.1 Å². The van der Waals surface area contributed by atoms with Crippen LogP contribution in [0.5, 0.6) is 11.5 Å². The van der Waals surface area contributed by atoms with Gasteiger partial charge in [0.25, 0.3) is 5.91 Å². The number of benzene rings is 2. The van der Waals surface area contributed by atoms with Gasteiger partial charge in [-0.2, -0.15) is 0 Å². The zero-order valence-corrected chi connectivity index (χ0v) is 13.2. The van der Waals surface area contributed by atoms with E-state index in [4.69, 9.17) is 21.1 Å². The Hall–Kier alpha value is -2.20. The van der Waals surface area contributed by atoms with Gasteiger partial charge in [-0.15, -0.1) is 0 Å². The second kappa shape index (κ2) is 7.71. The predicted molar refractivity (Wildman–Crippen MR) is 87.0 cm³/mol. The van der Waals surface area contributed by atoms with Gasteiger partial charge in [0.2, 0.25) is 0 Å². The second-order valence-corrected chi connectivity index (χ2v) is 4.85. The van der Waals surface area contributed by atoms with E-state index in [1.165, 1.54) is 0 Å². The Balaban J connectivity index is 2.21. The van der Waals surface area contributed by atoms with E-state index in [1.54, 1.807) is 36.4 Å². The molecule has 0 aromatic heterocycles. The average molecular weight is 319 g/mol. The van der Waals surface area contributed by atoms with Crippen LogP contribution in [0.3, 0.4) is 0 Å². The number of rotatable bonds is 6. The minimum absolute atomic E-state index is 0.252. The van der Waals surface area contributed by atoms with Gasteiger partial charge in [0.15, 0.2) is 0 Å². The first kappa shape index (κ1) is 16.2. The molecule has 0 atom stereocenters. The Labute approximate surface area is 135 Å². The molecule has 115 valence electrons. The lowest BCUT2D eigenvalue weighted by molar-refractivity contribution is 0.102. The standard InChI is InChI=1S/C17H17ClNO3/c1-3-21-15-9-12(10-16(11-15)22-4-2)17(20)19-14-7-5-13(18)6-8-14/h5,7-11H,3-4H2,1-2H3,(H,19,20). The van der Waals surface area contributed by atoms with Gasteiger partial charge in [0.05, 0.1) is 13.2 Å². The molecule has 0 aliphatic rings. The van der Waals surface area contributed by atoms with Crippen LogP contribution in [0.1, 0.15) is 24.2 Å². The molecule has 1 radical (unpaired) electrons. The summed E-state index contributed by atoms with van der Waals surface area (Å²) in [5, 5.41) is 3.28. The molecule has 1 amide bonds. The number of nitrogens with one attached hydrogen (secondary N) is 1. The van der Waals surface area contributed by atoms with E-state index in [2.05, 4.69) is 11.4 Å². The van der Waals surface area contributed by atoms with E-state index >= 15 is 0 Å². The summed E-state index contributed by atoms with van der Waals surface area (Å²) in [7, 11) is 0. The van der Waals surface area contributed by atoms with E-state index in [0.29, 0.717) is 41.0 Å². The summed E-state index contributed by atoms with van der Waals surface area (Å²) in [6.07, 6.45) is 0. The molecule has 0 spiro atoms. The van der Waals surface area contributed by atoms with Gasteiger partial charge in [0, 0.05) is 28.4 Å². The number of anilines is 1. The number of ether oxygens (including phenoxy) is 2. The lowest BCUT2D eigenvalue weighted by Gasteiger charge is -2.11. The van der Waals surface area contributed by atoms with E-state index in [9.17, 15) is 4.79 Å². The van der Waals surface area contributed by atoms with Crippen LogP contribution in [0.4, 0.5) is 5.69 Å². The van der Waals surface area contributed by atoms with Gasteiger partial charge in [-0.1, -0.05) is 11.6 Å². The highest BCUT2D eigenvalue weighted by molar-refractivity contribution is 6.30. The van der Waals surface area contributed by atoms with Crippen molar-refractivity contribution in [3.8, 4) is 11.5 Å². The summed E-state index contributed by atoms with van der Waals surface area (Å²) in [5.41, 5.74) is 1.08. The number of carbonyl (C=O) groups is 1. The molecule has 22 heavy (non-hydrogen) atoms. The zero-order chi connectivity index (χ0) is 15.9. The van der Waals surface area contributed by atoms with Crippen LogP contribution in [-0.4, -0.2) is 19.1 Å². The minimum atomic E-state index is -0.252. The Bertz CT molecular complexity index is 617. The Morgan fingerprint density at radius 1 is 1.14 bits per heavy atom. The summed E-state index contributed by atoms with van der Waals surface area (Å²) in [4.78, 5) is 12.3. The third-order valence-electron chi connectivity index (χ3n) is 2.80. The van der Waals surface area contributed by atoms with Gasteiger partial charge in [-0.25, -0.2) is 0 Å². The van der Waals surface area contributed by atoms with Crippen molar-refractivity contribution in [2.24, 2.45) is 0 Å². The summed E-state index contributed by atoms with van der Waals surface area (Å²) in [6, 6.07) is 13.0. The van der Waals surface area contributed by atoms with Crippen LogP contribution >= 0.6 is 11.6 Å².